The van der Waals surface area contributed by atoms with E-state index in [0.717, 1.165) is 5.69 Å². The summed E-state index contributed by atoms with van der Waals surface area (Å²) in [6.07, 6.45) is 1.23. The topological polar surface area (TPSA) is 92.6 Å². The number of hydrogen-bond donors (Lipinski definition) is 1. The molecule has 7 nitrogen and oxygen atoms in total. The molecule has 25 heavy (non-hydrogen) atoms. The van der Waals surface area contributed by atoms with Crippen LogP contribution in [0.4, 0.5) is 11.4 Å². The van der Waals surface area contributed by atoms with Crippen molar-refractivity contribution >= 4 is 23.1 Å². The first-order chi connectivity index (χ1) is 12.1. The number of ketones is 1. The van der Waals surface area contributed by atoms with Crippen molar-refractivity contribution in [3.63, 3.8) is 0 Å². The minimum atomic E-state index is -0.531. The lowest BCUT2D eigenvalue weighted by molar-refractivity contribution is -0.384. The van der Waals surface area contributed by atoms with Crippen LogP contribution in [-0.2, 0) is 4.79 Å². The predicted molar refractivity (Wildman–Crippen MR) is 92.3 cm³/mol. The van der Waals surface area contributed by atoms with E-state index in [1.54, 1.807) is 4.90 Å². The third kappa shape index (κ3) is 3.55. The van der Waals surface area contributed by atoms with Gasteiger partial charge in [-0.05, 0) is 24.3 Å². The van der Waals surface area contributed by atoms with Gasteiger partial charge in [0, 0.05) is 42.5 Å². The Balaban J connectivity index is 1.81. The van der Waals surface area contributed by atoms with Crippen molar-refractivity contribution in [2.24, 2.45) is 0 Å². The summed E-state index contributed by atoms with van der Waals surface area (Å²) in [7, 11) is 0. The Hall–Kier alpha value is -3.48. The third-order valence-corrected chi connectivity index (χ3v) is 3.83. The number of nitro groups is 1. The second kappa shape index (κ2) is 6.96. The fourth-order valence-corrected chi connectivity index (χ4v) is 2.55. The van der Waals surface area contributed by atoms with Gasteiger partial charge in [-0.25, -0.2) is 0 Å². The number of non-ortho nitro benzene ring substituents is 1. The van der Waals surface area contributed by atoms with Crippen LogP contribution >= 0.6 is 0 Å². The number of carbonyl (C=O) groups excluding carboxylic acids is 2. The minimum absolute atomic E-state index is 0.0914. The first-order valence-corrected chi connectivity index (χ1v) is 7.67. The van der Waals surface area contributed by atoms with Gasteiger partial charge in [0.1, 0.15) is 5.70 Å². The van der Waals surface area contributed by atoms with Crippen molar-refractivity contribution < 1.29 is 14.5 Å². The Morgan fingerprint density at radius 1 is 1.12 bits per heavy atom. The molecule has 0 aromatic heterocycles. The van der Waals surface area contributed by atoms with Gasteiger partial charge in [0.05, 0.1) is 4.92 Å². The molecule has 0 saturated carbocycles. The van der Waals surface area contributed by atoms with E-state index in [2.05, 4.69) is 5.32 Å². The molecule has 1 amide bonds. The number of para-hydroxylation sites is 1. The van der Waals surface area contributed by atoms with E-state index in [4.69, 9.17) is 0 Å². The van der Waals surface area contributed by atoms with Crippen molar-refractivity contribution in [2.45, 2.75) is 0 Å². The van der Waals surface area contributed by atoms with Crippen LogP contribution < -0.4 is 10.2 Å². The van der Waals surface area contributed by atoms with Gasteiger partial charge >= 0.3 is 0 Å². The van der Waals surface area contributed by atoms with Crippen LogP contribution in [0.5, 0.6) is 0 Å². The molecule has 1 aliphatic heterocycles. The Morgan fingerprint density at radius 3 is 2.44 bits per heavy atom. The van der Waals surface area contributed by atoms with Crippen molar-refractivity contribution in [2.75, 3.05) is 18.0 Å². The summed E-state index contributed by atoms with van der Waals surface area (Å²) in [5.41, 5.74) is 1.16. The SMILES string of the molecule is O=C(/C=C1/NCCN(c2ccccc2)C1=O)c1ccc([N+](=O)[O-])cc1. The molecule has 0 unspecified atom stereocenters. The van der Waals surface area contributed by atoms with Crippen LogP contribution in [0, 0.1) is 10.1 Å². The van der Waals surface area contributed by atoms with Crippen LogP contribution in [0.1, 0.15) is 10.4 Å². The average molecular weight is 337 g/mol. The van der Waals surface area contributed by atoms with Crippen LogP contribution in [0.25, 0.3) is 0 Å². The van der Waals surface area contributed by atoms with Crippen molar-refractivity contribution in [1.29, 1.82) is 0 Å². The first kappa shape index (κ1) is 16.4. The first-order valence-electron chi connectivity index (χ1n) is 7.67. The molecule has 3 rings (SSSR count). The maximum atomic E-state index is 12.6. The Kier molecular flexibility index (Phi) is 4.56. The summed E-state index contributed by atoms with van der Waals surface area (Å²) in [5, 5.41) is 13.6. The second-order valence-corrected chi connectivity index (χ2v) is 5.45. The van der Waals surface area contributed by atoms with Crippen LogP contribution in [0.3, 0.4) is 0 Å². The summed E-state index contributed by atoms with van der Waals surface area (Å²) in [4.78, 5) is 36.6. The fourth-order valence-electron chi connectivity index (χ4n) is 2.55. The summed E-state index contributed by atoms with van der Waals surface area (Å²) in [6.45, 7) is 1.03. The zero-order valence-electron chi connectivity index (χ0n) is 13.2. The smallest absolute Gasteiger partial charge is 0.274 e. The highest BCUT2D eigenvalue weighted by Gasteiger charge is 2.25. The highest BCUT2D eigenvalue weighted by molar-refractivity contribution is 6.13. The second-order valence-electron chi connectivity index (χ2n) is 5.45. The Morgan fingerprint density at radius 2 is 1.80 bits per heavy atom. The molecule has 0 atom stereocenters. The lowest BCUT2D eigenvalue weighted by Gasteiger charge is -2.29. The number of allylic oxidation sites excluding steroid dienone is 1. The molecule has 0 aliphatic carbocycles. The van der Waals surface area contributed by atoms with Crippen LogP contribution in [-0.4, -0.2) is 29.7 Å². The third-order valence-electron chi connectivity index (χ3n) is 3.83. The quantitative estimate of drug-likeness (QED) is 0.400. The largest absolute Gasteiger partial charge is 0.379 e. The number of rotatable bonds is 4. The molecular weight excluding hydrogens is 322 g/mol. The van der Waals surface area contributed by atoms with Crippen LogP contribution in [0.2, 0.25) is 0 Å². The zero-order chi connectivity index (χ0) is 17.8. The summed E-state index contributed by atoms with van der Waals surface area (Å²) in [5.74, 6) is -0.673. The molecule has 1 N–H and O–H groups in total. The zero-order valence-corrected chi connectivity index (χ0v) is 13.2. The normalized spacial score (nSPS) is 15.8. The molecule has 1 aliphatic rings. The Bertz CT molecular complexity index is 844. The van der Waals surface area contributed by atoms with E-state index in [1.807, 2.05) is 30.3 Å². The van der Waals surface area contributed by atoms with E-state index >= 15 is 0 Å². The Labute approximate surface area is 143 Å². The van der Waals surface area contributed by atoms with E-state index < -0.39 is 4.92 Å². The molecule has 0 radical (unpaired) electrons. The number of anilines is 1. The monoisotopic (exact) mass is 337 g/mol. The molecule has 7 heteroatoms. The summed E-state index contributed by atoms with van der Waals surface area (Å²) in [6, 6.07) is 14.5. The van der Waals surface area contributed by atoms with E-state index in [9.17, 15) is 19.7 Å². The highest BCUT2D eigenvalue weighted by atomic mass is 16.6. The van der Waals surface area contributed by atoms with Crippen LogP contribution in [0.15, 0.2) is 66.4 Å². The van der Waals surface area contributed by atoms with Gasteiger partial charge in [0.2, 0.25) is 0 Å². The van der Waals surface area contributed by atoms with E-state index in [0.29, 0.717) is 13.1 Å². The molecule has 126 valence electrons. The molecular formula is C18H15N3O4. The van der Waals surface area contributed by atoms with Gasteiger partial charge in [-0.2, -0.15) is 0 Å². The van der Waals surface area contributed by atoms with Gasteiger partial charge in [0.25, 0.3) is 11.6 Å². The number of hydrogen-bond acceptors (Lipinski definition) is 5. The maximum absolute atomic E-state index is 12.6. The van der Waals surface area contributed by atoms with Gasteiger partial charge < -0.3 is 10.2 Å². The molecule has 0 bridgehead atoms. The van der Waals surface area contributed by atoms with E-state index in [1.165, 1.54) is 30.3 Å². The predicted octanol–water partition coefficient (Wildman–Crippen LogP) is 2.30. The van der Waals surface area contributed by atoms with Crippen molar-refractivity contribution in [3.05, 3.63) is 82.0 Å². The number of nitrogens with one attached hydrogen (secondary N) is 1. The van der Waals surface area contributed by atoms with E-state index in [-0.39, 0.29) is 28.6 Å². The number of piperazine rings is 1. The number of amides is 1. The minimum Gasteiger partial charge on any atom is -0.379 e. The molecule has 1 saturated heterocycles. The standard InChI is InChI=1S/C18H15N3O4/c22-17(13-6-8-15(9-7-13)21(24)25)12-16-18(23)20(11-10-19-16)14-4-2-1-3-5-14/h1-9,12,19H,10-11H2/b16-12+. The highest BCUT2D eigenvalue weighted by Crippen LogP contribution is 2.18. The lowest BCUT2D eigenvalue weighted by Crippen LogP contribution is -2.46. The number of nitrogens with zero attached hydrogens (tertiary/aromatic N) is 2. The molecule has 1 fully saturated rings. The van der Waals surface area contributed by atoms with Crippen molar-refractivity contribution in [3.8, 4) is 0 Å². The summed E-state index contributed by atoms with van der Waals surface area (Å²) >= 11 is 0. The number of carbonyl (C=O) groups is 2. The van der Waals surface area contributed by atoms with Gasteiger partial charge in [-0.15, -0.1) is 0 Å². The number of benzene rings is 2. The molecule has 1 heterocycles. The van der Waals surface area contributed by atoms with Gasteiger partial charge in [0.15, 0.2) is 5.78 Å². The fraction of sp³-hybridized carbons (Fsp3) is 0.111. The van der Waals surface area contributed by atoms with Gasteiger partial charge in [-0.1, -0.05) is 18.2 Å². The molecule has 2 aromatic carbocycles. The van der Waals surface area contributed by atoms with Crippen molar-refractivity contribution in [1.82, 2.24) is 5.32 Å². The average Bonchev–Trinajstić information content (AvgIpc) is 2.64. The number of nitro benzene ring substituents is 1. The van der Waals surface area contributed by atoms with Gasteiger partial charge in [-0.3, -0.25) is 19.7 Å². The molecule has 0 spiro atoms. The maximum Gasteiger partial charge on any atom is 0.274 e. The molecule has 2 aromatic rings. The summed E-state index contributed by atoms with van der Waals surface area (Å²) < 4.78 is 0. The lowest BCUT2D eigenvalue weighted by atomic mass is 10.1.